The summed E-state index contributed by atoms with van der Waals surface area (Å²) in [4.78, 5) is 36.6. The van der Waals surface area contributed by atoms with Gasteiger partial charge in [-0.2, -0.15) is 0 Å². The molecule has 1 aromatic carbocycles. The van der Waals surface area contributed by atoms with E-state index in [0.717, 1.165) is 4.88 Å². The zero-order chi connectivity index (χ0) is 19.3. The van der Waals surface area contributed by atoms with Crippen LogP contribution in [0.2, 0.25) is 0 Å². The van der Waals surface area contributed by atoms with E-state index in [1.807, 2.05) is 26.8 Å². The van der Waals surface area contributed by atoms with E-state index < -0.39 is 11.3 Å². The quantitative estimate of drug-likeness (QED) is 0.728. The van der Waals surface area contributed by atoms with Crippen molar-refractivity contribution < 1.29 is 19.1 Å². The van der Waals surface area contributed by atoms with E-state index in [9.17, 15) is 14.4 Å². The Labute approximate surface area is 156 Å². The van der Waals surface area contributed by atoms with Gasteiger partial charge < -0.3 is 15.8 Å². The molecule has 0 radical (unpaired) electrons. The van der Waals surface area contributed by atoms with Crippen LogP contribution in [-0.2, 0) is 11.3 Å². The first-order valence-corrected chi connectivity index (χ1v) is 8.91. The molecule has 0 spiro atoms. The lowest BCUT2D eigenvalue weighted by Crippen LogP contribution is -2.34. The highest BCUT2D eigenvalue weighted by Gasteiger charge is 2.21. The lowest BCUT2D eigenvalue weighted by Gasteiger charge is -2.17. The van der Waals surface area contributed by atoms with E-state index in [1.165, 1.54) is 11.3 Å². The number of primary amides is 1. The average Bonchev–Trinajstić information content (AvgIpc) is 3.06. The van der Waals surface area contributed by atoms with Crippen molar-refractivity contribution in [2.75, 3.05) is 6.61 Å². The summed E-state index contributed by atoms with van der Waals surface area (Å²) < 4.78 is 5.44. The molecule has 6 nitrogen and oxygen atoms in total. The summed E-state index contributed by atoms with van der Waals surface area (Å²) in [6.07, 6.45) is 0. The topological polar surface area (TPSA) is 98.5 Å². The van der Waals surface area contributed by atoms with Crippen molar-refractivity contribution in [1.82, 2.24) is 5.32 Å². The van der Waals surface area contributed by atoms with Crippen LogP contribution in [0.4, 0.5) is 0 Å². The molecule has 0 atom stereocenters. The monoisotopic (exact) mass is 374 g/mol. The van der Waals surface area contributed by atoms with Gasteiger partial charge in [-0.15, -0.1) is 11.3 Å². The second-order valence-electron chi connectivity index (χ2n) is 6.80. The van der Waals surface area contributed by atoms with E-state index in [-0.39, 0.29) is 18.3 Å². The average molecular weight is 374 g/mol. The standard InChI is InChI=1S/C19H22N2O4S/c1-19(2,3)18(24)21-10-14-8-9-16(26-14)15(22)11-25-13-6-4-12(5-7-13)17(20)23/h4-9H,10-11H2,1-3H3,(H2,20,23)(H,21,24). The molecule has 26 heavy (non-hydrogen) atoms. The fourth-order valence-corrected chi connectivity index (χ4v) is 2.86. The highest BCUT2D eigenvalue weighted by atomic mass is 32.1. The normalized spacial score (nSPS) is 11.0. The number of nitrogens with two attached hydrogens (primary N) is 1. The number of thiophene rings is 1. The number of carbonyl (C=O) groups excluding carboxylic acids is 3. The van der Waals surface area contributed by atoms with Crippen LogP contribution in [0.1, 0.15) is 45.7 Å². The maximum Gasteiger partial charge on any atom is 0.248 e. The third-order valence-corrected chi connectivity index (χ3v) is 4.68. The molecule has 0 bridgehead atoms. The number of Topliss-reactive ketones (excluding diaryl/α,β-unsaturated/α-hetero) is 1. The maximum absolute atomic E-state index is 12.2. The SMILES string of the molecule is CC(C)(C)C(=O)NCc1ccc(C(=O)COc2ccc(C(N)=O)cc2)s1. The van der Waals surface area contributed by atoms with E-state index in [1.54, 1.807) is 30.3 Å². The summed E-state index contributed by atoms with van der Waals surface area (Å²) in [7, 11) is 0. The zero-order valence-corrected chi connectivity index (χ0v) is 15.8. The van der Waals surface area contributed by atoms with Crippen molar-refractivity contribution >= 4 is 28.9 Å². The minimum Gasteiger partial charge on any atom is -0.485 e. The van der Waals surface area contributed by atoms with Crippen molar-refractivity contribution in [3.8, 4) is 5.75 Å². The molecular formula is C19H22N2O4S. The smallest absolute Gasteiger partial charge is 0.248 e. The minimum atomic E-state index is -0.516. The molecule has 0 aliphatic rings. The lowest BCUT2D eigenvalue weighted by molar-refractivity contribution is -0.128. The van der Waals surface area contributed by atoms with Crippen LogP contribution in [0.15, 0.2) is 36.4 Å². The molecule has 3 N–H and O–H groups in total. The Morgan fingerprint density at radius 2 is 1.73 bits per heavy atom. The summed E-state index contributed by atoms with van der Waals surface area (Å²) in [6, 6.07) is 9.82. The summed E-state index contributed by atoms with van der Waals surface area (Å²) >= 11 is 1.33. The van der Waals surface area contributed by atoms with Crippen molar-refractivity contribution in [2.45, 2.75) is 27.3 Å². The van der Waals surface area contributed by atoms with Gasteiger partial charge in [-0.1, -0.05) is 20.8 Å². The summed E-state index contributed by atoms with van der Waals surface area (Å²) in [5.74, 6) is -0.223. The van der Waals surface area contributed by atoms with E-state index >= 15 is 0 Å². The van der Waals surface area contributed by atoms with Gasteiger partial charge in [0.1, 0.15) is 5.75 Å². The molecule has 0 fully saturated rings. The van der Waals surface area contributed by atoms with Crippen LogP contribution < -0.4 is 15.8 Å². The number of benzene rings is 1. The molecule has 0 saturated carbocycles. The fourth-order valence-electron chi connectivity index (χ4n) is 1.99. The van der Waals surface area contributed by atoms with Gasteiger partial charge in [-0.05, 0) is 36.4 Å². The molecule has 1 aromatic heterocycles. The first-order valence-electron chi connectivity index (χ1n) is 8.09. The number of amides is 2. The van der Waals surface area contributed by atoms with E-state index in [2.05, 4.69) is 5.32 Å². The largest absolute Gasteiger partial charge is 0.485 e. The molecule has 2 rings (SSSR count). The molecule has 0 saturated heterocycles. The third kappa shape index (κ3) is 5.42. The summed E-state index contributed by atoms with van der Waals surface area (Å²) in [5, 5.41) is 2.85. The van der Waals surface area contributed by atoms with Gasteiger partial charge in [0.2, 0.25) is 17.6 Å². The van der Waals surface area contributed by atoms with Crippen molar-refractivity contribution in [3.05, 3.63) is 51.7 Å². The lowest BCUT2D eigenvalue weighted by atomic mass is 9.96. The van der Waals surface area contributed by atoms with Crippen LogP contribution in [-0.4, -0.2) is 24.2 Å². The van der Waals surface area contributed by atoms with E-state index in [4.69, 9.17) is 10.5 Å². The van der Waals surface area contributed by atoms with Crippen LogP contribution in [0.3, 0.4) is 0 Å². The van der Waals surface area contributed by atoms with Gasteiger partial charge in [-0.3, -0.25) is 14.4 Å². The third-order valence-electron chi connectivity index (χ3n) is 3.55. The molecule has 7 heteroatoms. The molecule has 138 valence electrons. The van der Waals surface area contributed by atoms with Crippen molar-refractivity contribution in [1.29, 1.82) is 0 Å². The Kier molecular flexibility index (Phi) is 6.15. The maximum atomic E-state index is 12.2. The van der Waals surface area contributed by atoms with Gasteiger partial charge in [-0.25, -0.2) is 0 Å². The van der Waals surface area contributed by atoms with Gasteiger partial charge in [0.05, 0.1) is 11.4 Å². The highest BCUT2D eigenvalue weighted by Crippen LogP contribution is 2.19. The van der Waals surface area contributed by atoms with Gasteiger partial charge in [0.25, 0.3) is 0 Å². The number of rotatable bonds is 7. The number of ether oxygens (including phenoxy) is 1. The Morgan fingerprint density at radius 1 is 1.08 bits per heavy atom. The Balaban J connectivity index is 1.87. The highest BCUT2D eigenvalue weighted by molar-refractivity contribution is 7.14. The number of carbonyl (C=O) groups is 3. The number of nitrogens with one attached hydrogen (secondary N) is 1. The first kappa shape index (κ1) is 19.7. The molecule has 0 aliphatic carbocycles. The van der Waals surface area contributed by atoms with Crippen molar-refractivity contribution in [2.24, 2.45) is 11.1 Å². The molecule has 2 amide bonds. The van der Waals surface area contributed by atoms with Crippen LogP contribution in [0.5, 0.6) is 5.75 Å². The molecule has 0 unspecified atom stereocenters. The van der Waals surface area contributed by atoms with E-state index in [0.29, 0.717) is 22.7 Å². The Morgan fingerprint density at radius 3 is 2.31 bits per heavy atom. The van der Waals surface area contributed by atoms with Gasteiger partial charge >= 0.3 is 0 Å². The second kappa shape index (κ2) is 8.14. The predicted octanol–water partition coefficient (Wildman–Crippen LogP) is 2.77. The predicted molar refractivity (Wildman–Crippen MR) is 100 cm³/mol. The zero-order valence-electron chi connectivity index (χ0n) is 15.0. The second-order valence-corrected chi connectivity index (χ2v) is 7.97. The van der Waals surface area contributed by atoms with Crippen molar-refractivity contribution in [3.63, 3.8) is 0 Å². The molecule has 2 aromatic rings. The number of hydrogen-bond donors (Lipinski definition) is 2. The van der Waals surface area contributed by atoms with Crippen LogP contribution in [0, 0.1) is 5.41 Å². The Bertz CT molecular complexity index is 804. The first-order chi connectivity index (χ1) is 12.2. The number of hydrogen-bond acceptors (Lipinski definition) is 5. The minimum absolute atomic E-state index is 0.0403. The van der Waals surface area contributed by atoms with Crippen LogP contribution in [0.25, 0.3) is 0 Å². The van der Waals surface area contributed by atoms with Crippen LogP contribution >= 0.6 is 11.3 Å². The summed E-state index contributed by atoms with van der Waals surface area (Å²) in [5.41, 5.74) is 5.10. The van der Waals surface area contributed by atoms with Gasteiger partial charge in [0.15, 0.2) is 6.61 Å². The van der Waals surface area contributed by atoms with Gasteiger partial charge in [0, 0.05) is 15.9 Å². The fraction of sp³-hybridized carbons (Fsp3) is 0.316. The Hall–Kier alpha value is -2.67. The molecule has 1 heterocycles. The summed E-state index contributed by atoms with van der Waals surface area (Å²) in [6.45, 7) is 5.82. The number of ketones is 1. The molecule has 0 aliphatic heterocycles. The molecular weight excluding hydrogens is 352 g/mol.